The molecule has 2 aromatic rings. The van der Waals surface area contributed by atoms with Crippen LogP contribution in [0.25, 0.3) is 0 Å². The molecule has 0 aromatic heterocycles. The van der Waals surface area contributed by atoms with Gasteiger partial charge in [-0.05, 0) is 42.7 Å². The van der Waals surface area contributed by atoms with E-state index in [9.17, 15) is 14.0 Å². The molecule has 4 nitrogen and oxygen atoms in total. The third-order valence-electron chi connectivity index (χ3n) is 3.66. The molecule has 2 aromatic carbocycles. The van der Waals surface area contributed by atoms with Gasteiger partial charge in [0.05, 0.1) is 5.02 Å². The van der Waals surface area contributed by atoms with Crippen molar-refractivity contribution >= 4 is 29.2 Å². The van der Waals surface area contributed by atoms with Gasteiger partial charge in [-0.15, -0.1) is 0 Å². The summed E-state index contributed by atoms with van der Waals surface area (Å²) in [6, 6.07) is 11.2. The fraction of sp³-hybridized carbons (Fsp3) is 0.263. The van der Waals surface area contributed by atoms with Gasteiger partial charge in [0, 0.05) is 5.69 Å². The van der Waals surface area contributed by atoms with E-state index in [0.717, 1.165) is 11.6 Å². The van der Waals surface area contributed by atoms with Crippen LogP contribution in [0.1, 0.15) is 42.6 Å². The summed E-state index contributed by atoms with van der Waals surface area (Å²) < 4.78 is 18.7. The van der Waals surface area contributed by atoms with Crippen LogP contribution in [0.5, 0.6) is 0 Å². The van der Waals surface area contributed by atoms with Gasteiger partial charge in [0.2, 0.25) is 0 Å². The Labute approximate surface area is 150 Å². The molecule has 0 spiro atoms. The maximum absolute atomic E-state index is 13.7. The third-order valence-corrected chi connectivity index (χ3v) is 3.98. The van der Waals surface area contributed by atoms with Crippen LogP contribution in [0.2, 0.25) is 5.02 Å². The van der Waals surface area contributed by atoms with Gasteiger partial charge in [0.1, 0.15) is 11.4 Å². The summed E-state index contributed by atoms with van der Waals surface area (Å²) in [4.78, 5) is 24.2. The summed E-state index contributed by atoms with van der Waals surface area (Å²) in [6.07, 6.45) is -1.10. The average molecular weight is 364 g/mol. The van der Waals surface area contributed by atoms with E-state index in [1.165, 1.54) is 19.1 Å². The monoisotopic (exact) mass is 363 g/mol. The standard InChI is InChI=1S/C19H19ClFNO3/c1-11(2)13-7-9-14(10-8-13)22-18(23)12(3)25-19(24)17-15(20)5-4-6-16(17)21/h4-12H,1-3H3,(H,22,23)/t12-/m1/s1. The summed E-state index contributed by atoms with van der Waals surface area (Å²) >= 11 is 5.82. The lowest BCUT2D eigenvalue weighted by atomic mass is 10.0. The zero-order valence-corrected chi connectivity index (χ0v) is 14.9. The Kier molecular flexibility index (Phi) is 6.15. The quantitative estimate of drug-likeness (QED) is 0.777. The number of hydrogen-bond donors (Lipinski definition) is 1. The molecular formula is C19H19ClFNO3. The average Bonchev–Trinajstić information content (AvgIpc) is 2.55. The van der Waals surface area contributed by atoms with E-state index in [1.807, 2.05) is 12.1 Å². The molecule has 0 bridgehead atoms. The van der Waals surface area contributed by atoms with Crippen LogP contribution in [0, 0.1) is 5.82 Å². The lowest BCUT2D eigenvalue weighted by Gasteiger charge is -2.15. The van der Waals surface area contributed by atoms with Crippen molar-refractivity contribution < 1.29 is 18.7 Å². The van der Waals surface area contributed by atoms with Crippen molar-refractivity contribution in [3.8, 4) is 0 Å². The molecule has 0 aliphatic carbocycles. The molecule has 0 saturated carbocycles. The third kappa shape index (κ3) is 4.79. The van der Waals surface area contributed by atoms with Crippen molar-refractivity contribution in [2.45, 2.75) is 32.8 Å². The molecule has 0 aliphatic heterocycles. The lowest BCUT2D eigenvalue weighted by Crippen LogP contribution is -2.30. The molecule has 6 heteroatoms. The van der Waals surface area contributed by atoms with Gasteiger partial charge in [-0.1, -0.05) is 43.6 Å². The minimum Gasteiger partial charge on any atom is -0.449 e. The van der Waals surface area contributed by atoms with Crippen LogP contribution in [0.15, 0.2) is 42.5 Å². The Morgan fingerprint density at radius 3 is 2.28 bits per heavy atom. The molecule has 0 radical (unpaired) electrons. The zero-order valence-electron chi connectivity index (χ0n) is 14.2. The fourth-order valence-electron chi connectivity index (χ4n) is 2.16. The topological polar surface area (TPSA) is 55.4 Å². The van der Waals surface area contributed by atoms with Crippen molar-refractivity contribution in [1.29, 1.82) is 0 Å². The van der Waals surface area contributed by atoms with Gasteiger partial charge in [0.15, 0.2) is 6.10 Å². The number of amides is 1. The van der Waals surface area contributed by atoms with Crippen molar-refractivity contribution in [2.75, 3.05) is 5.32 Å². The van der Waals surface area contributed by atoms with Crippen molar-refractivity contribution in [2.24, 2.45) is 0 Å². The second-order valence-corrected chi connectivity index (χ2v) is 6.32. The molecule has 2 rings (SSSR count). The largest absolute Gasteiger partial charge is 0.449 e. The predicted molar refractivity (Wildman–Crippen MR) is 95.4 cm³/mol. The SMILES string of the molecule is CC(C)c1ccc(NC(=O)[C@@H](C)OC(=O)c2c(F)cccc2Cl)cc1. The van der Waals surface area contributed by atoms with Gasteiger partial charge < -0.3 is 10.1 Å². The van der Waals surface area contributed by atoms with Gasteiger partial charge in [0.25, 0.3) is 5.91 Å². The predicted octanol–water partition coefficient (Wildman–Crippen LogP) is 4.79. The molecule has 25 heavy (non-hydrogen) atoms. The first kappa shape index (κ1) is 18.9. The lowest BCUT2D eigenvalue weighted by molar-refractivity contribution is -0.123. The molecule has 1 atom stereocenters. The van der Waals surface area contributed by atoms with Crippen LogP contribution in [0.3, 0.4) is 0 Å². The van der Waals surface area contributed by atoms with Crippen LogP contribution in [0.4, 0.5) is 10.1 Å². The Bertz CT molecular complexity index is 754. The van der Waals surface area contributed by atoms with E-state index in [0.29, 0.717) is 11.6 Å². The van der Waals surface area contributed by atoms with Crippen LogP contribution < -0.4 is 5.32 Å². The second-order valence-electron chi connectivity index (χ2n) is 5.91. The molecule has 132 valence electrons. The van der Waals surface area contributed by atoms with Gasteiger partial charge in [-0.3, -0.25) is 4.79 Å². The molecule has 1 N–H and O–H groups in total. The Morgan fingerprint density at radius 1 is 1.08 bits per heavy atom. The summed E-state index contributed by atoms with van der Waals surface area (Å²) in [5.74, 6) is -1.91. The van der Waals surface area contributed by atoms with E-state index < -0.39 is 23.8 Å². The minimum absolute atomic E-state index is 0.0677. The van der Waals surface area contributed by atoms with Gasteiger partial charge in [-0.25, -0.2) is 9.18 Å². The van der Waals surface area contributed by atoms with E-state index in [-0.39, 0.29) is 10.6 Å². The number of anilines is 1. The fourth-order valence-corrected chi connectivity index (χ4v) is 2.40. The number of nitrogens with one attached hydrogen (secondary N) is 1. The van der Waals surface area contributed by atoms with E-state index in [4.69, 9.17) is 16.3 Å². The first-order valence-corrected chi connectivity index (χ1v) is 8.23. The van der Waals surface area contributed by atoms with Crippen LogP contribution in [-0.4, -0.2) is 18.0 Å². The smallest absolute Gasteiger partial charge is 0.343 e. The Balaban J connectivity index is 2.01. The molecule has 0 aliphatic rings. The number of esters is 1. The van der Waals surface area contributed by atoms with Crippen LogP contribution in [-0.2, 0) is 9.53 Å². The molecule has 0 heterocycles. The zero-order chi connectivity index (χ0) is 18.6. The number of carbonyl (C=O) groups excluding carboxylic acids is 2. The number of carbonyl (C=O) groups is 2. The summed E-state index contributed by atoms with van der Waals surface area (Å²) in [5.41, 5.74) is 1.35. The number of benzene rings is 2. The van der Waals surface area contributed by atoms with E-state index in [1.54, 1.807) is 12.1 Å². The van der Waals surface area contributed by atoms with E-state index >= 15 is 0 Å². The second kappa shape index (κ2) is 8.12. The maximum atomic E-state index is 13.7. The molecule has 0 saturated heterocycles. The van der Waals surface area contributed by atoms with Crippen molar-refractivity contribution in [3.05, 3.63) is 64.4 Å². The number of rotatable bonds is 5. The first-order chi connectivity index (χ1) is 11.8. The summed E-state index contributed by atoms with van der Waals surface area (Å²) in [6.45, 7) is 5.55. The van der Waals surface area contributed by atoms with Crippen molar-refractivity contribution in [3.63, 3.8) is 0 Å². The highest BCUT2D eigenvalue weighted by Gasteiger charge is 2.23. The first-order valence-electron chi connectivity index (χ1n) is 7.85. The molecule has 1 amide bonds. The number of ether oxygens (including phenoxy) is 1. The Hall–Kier alpha value is -2.40. The normalized spacial score (nSPS) is 11.9. The molecular weight excluding hydrogens is 345 g/mol. The molecule has 0 unspecified atom stereocenters. The van der Waals surface area contributed by atoms with E-state index in [2.05, 4.69) is 19.2 Å². The van der Waals surface area contributed by atoms with Crippen molar-refractivity contribution in [1.82, 2.24) is 0 Å². The maximum Gasteiger partial charge on any atom is 0.343 e. The highest BCUT2D eigenvalue weighted by Crippen LogP contribution is 2.21. The number of hydrogen-bond acceptors (Lipinski definition) is 3. The summed E-state index contributed by atoms with van der Waals surface area (Å²) in [7, 11) is 0. The molecule has 0 fully saturated rings. The Morgan fingerprint density at radius 2 is 1.72 bits per heavy atom. The minimum atomic E-state index is -1.10. The van der Waals surface area contributed by atoms with Crippen LogP contribution >= 0.6 is 11.6 Å². The number of halogens is 2. The van der Waals surface area contributed by atoms with Gasteiger partial charge in [-0.2, -0.15) is 0 Å². The highest BCUT2D eigenvalue weighted by molar-refractivity contribution is 6.33. The summed E-state index contributed by atoms with van der Waals surface area (Å²) in [5, 5.41) is 2.58. The van der Waals surface area contributed by atoms with Gasteiger partial charge >= 0.3 is 5.97 Å². The highest BCUT2D eigenvalue weighted by atomic mass is 35.5.